The SMILES string of the molecule is O=C1CCCN1CC(O)CN1CCC(Oc2cccc(Cl)c2)C1. The molecule has 23 heavy (non-hydrogen) atoms. The van der Waals surface area contributed by atoms with Crippen LogP contribution in [-0.2, 0) is 4.79 Å². The van der Waals surface area contributed by atoms with Gasteiger partial charge in [-0.3, -0.25) is 9.69 Å². The summed E-state index contributed by atoms with van der Waals surface area (Å²) < 4.78 is 5.95. The van der Waals surface area contributed by atoms with E-state index in [0.717, 1.165) is 38.2 Å². The van der Waals surface area contributed by atoms with Gasteiger partial charge >= 0.3 is 0 Å². The number of carbonyl (C=O) groups excluding carboxylic acids is 1. The number of aliphatic hydroxyl groups excluding tert-OH is 1. The third-order valence-electron chi connectivity index (χ3n) is 4.40. The summed E-state index contributed by atoms with van der Waals surface area (Å²) in [6.07, 6.45) is 2.08. The smallest absolute Gasteiger partial charge is 0.222 e. The number of carbonyl (C=O) groups is 1. The van der Waals surface area contributed by atoms with Crippen molar-refractivity contribution in [2.75, 3.05) is 32.7 Å². The van der Waals surface area contributed by atoms with Crippen molar-refractivity contribution < 1.29 is 14.6 Å². The Morgan fingerprint density at radius 3 is 2.96 bits per heavy atom. The van der Waals surface area contributed by atoms with E-state index < -0.39 is 6.10 Å². The van der Waals surface area contributed by atoms with Crippen LogP contribution in [0.3, 0.4) is 0 Å². The molecule has 1 aromatic rings. The number of rotatable bonds is 6. The van der Waals surface area contributed by atoms with Gasteiger partial charge in [-0.1, -0.05) is 17.7 Å². The fraction of sp³-hybridized carbons (Fsp3) is 0.588. The first kappa shape index (κ1) is 16.6. The molecule has 2 aliphatic rings. The topological polar surface area (TPSA) is 53.0 Å². The summed E-state index contributed by atoms with van der Waals surface area (Å²) in [5, 5.41) is 10.9. The van der Waals surface area contributed by atoms with Gasteiger partial charge in [0.2, 0.25) is 5.91 Å². The summed E-state index contributed by atoms with van der Waals surface area (Å²) in [6, 6.07) is 7.42. The lowest BCUT2D eigenvalue weighted by molar-refractivity contribution is -0.129. The monoisotopic (exact) mass is 338 g/mol. The Morgan fingerprint density at radius 1 is 1.35 bits per heavy atom. The molecule has 0 bridgehead atoms. The van der Waals surface area contributed by atoms with Crippen molar-refractivity contribution in [2.45, 2.75) is 31.5 Å². The first-order chi connectivity index (χ1) is 11.1. The molecule has 0 saturated carbocycles. The van der Waals surface area contributed by atoms with Crippen LogP contribution in [0.15, 0.2) is 24.3 Å². The Morgan fingerprint density at radius 2 is 2.22 bits per heavy atom. The Labute approximate surface area is 141 Å². The second kappa shape index (κ2) is 7.51. The van der Waals surface area contributed by atoms with Gasteiger partial charge in [0.05, 0.1) is 6.10 Å². The molecule has 5 nitrogen and oxygen atoms in total. The Hall–Kier alpha value is -1.30. The summed E-state index contributed by atoms with van der Waals surface area (Å²) in [4.78, 5) is 15.6. The van der Waals surface area contributed by atoms with Crippen molar-refractivity contribution in [2.24, 2.45) is 0 Å². The molecule has 1 aromatic carbocycles. The van der Waals surface area contributed by atoms with Gasteiger partial charge in [0.15, 0.2) is 0 Å². The van der Waals surface area contributed by atoms with E-state index in [-0.39, 0.29) is 12.0 Å². The summed E-state index contributed by atoms with van der Waals surface area (Å²) in [6.45, 7) is 3.48. The van der Waals surface area contributed by atoms with Crippen molar-refractivity contribution in [3.63, 3.8) is 0 Å². The molecule has 2 fully saturated rings. The number of hydrogen-bond donors (Lipinski definition) is 1. The normalized spacial score (nSPS) is 23.5. The maximum Gasteiger partial charge on any atom is 0.222 e. The Bertz CT molecular complexity index is 554. The molecule has 2 saturated heterocycles. The van der Waals surface area contributed by atoms with Crippen LogP contribution in [-0.4, -0.2) is 65.7 Å². The molecule has 0 aliphatic carbocycles. The first-order valence-electron chi connectivity index (χ1n) is 8.20. The number of aliphatic hydroxyl groups is 1. The number of hydrogen-bond acceptors (Lipinski definition) is 4. The summed E-state index contributed by atoms with van der Waals surface area (Å²) in [5.74, 6) is 0.945. The largest absolute Gasteiger partial charge is 0.489 e. The van der Waals surface area contributed by atoms with Crippen LogP contribution in [0.25, 0.3) is 0 Å². The van der Waals surface area contributed by atoms with Crippen LogP contribution in [0.4, 0.5) is 0 Å². The van der Waals surface area contributed by atoms with Gasteiger partial charge in [0.1, 0.15) is 11.9 Å². The van der Waals surface area contributed by atoms with E-state index in [0.29, 0.717) is 24.5 Å². The highest BCUT2D eigenvalue weighted by molar-refractivity contribution is 6.30. The Kier molecular flexibility index (Phi) is 5.41. The van der Waals surface area contributed by atoms with Gasteiger partial charge in [-0.2, -0.15) is 0 Å². The first-order valence-corrected chi connectivity index (χ1v) is 8.58. The van der Waals surface area contributed by atoms with E-state index in [9.17, 15) is 9.90 Å². The summed E-state index contributed by atoms with van der Waals surface area (Å²) in [7, 11) is 0. The molecular weight excluding hydrogens is 316 g/mol. The van der Waals surface area contributed by atoms with Crippen molar-refractivity contribution >= 4 is 17.5 Å². The maximum absolute atomic E-state index is 11.6. The Balaban J connectivity index is 1.43. The average molecular weight is 339 g/mol. The van der Waals surface area contributed by atoms with E-state index >= 15 is 0 Å². The molecular formula is C17H23ClN2O3. The molecule has 2 unspecified atom stereocenters. The predicted octanol–water partition coefficient (Wildman–Crippen LogP) is 1.78. The van der Waals surface area contributed by atoms with Gasteiger partial charge in [0.25, 0.3) is 0 Å². The molecule has 1 N–H and O–H groups in total. The molecule has 1 amide bonds. The van der Waals surface area contributed by atoms with Crippen molar-refractivity contribution in [1.29, 1.82) is 0 Å². The maximum atomic E-state index is 11.6. The van der Waals surface area contributed by atoms with Crippen LogP contribution in [0.5, 0.6) is 5.75 Å². The number of likely N-dealkylation sites (tertiary alicyclic amines) is 2. The van der Waals surface area contributed by atoms with E-state index in [2.05, 4.69) is 4.90 Å². The molecule has 0 radical (unpaired) electrons. The third kappa shape index (κ3) is 4.59. The molecule has 126 valence electrons. The minimum absolute atomic E-state index is 0.120. The molecule has 0 aromatic heterocycles. The minimum Gasteiger partial charge on any atom is -0.489 e. The van der Waals surface area contributed by atoms with Gasteiger partial charge in [0, 0.05) is 44.2 Å². The molecule has 2 aliphatic heterocycles. The van der Waals surface area contributed by atoms with Gasteiger partial charge < -0.3 is 14.7 Å². The zero-order chi connectivity index (χ0) is 16.2. The zero-order valence-electron chi connectivity index (χ0n) is 13.2. The van der Waals surface area contributed by atoms with Crippen molar-refractivity contribution in [3.05, 3.63) is 29.3 Å². The third-order valence-corrected chi connectivity index (χ3v) is 4.63. The quantitative estimate of drug-likeness (QED) is 0.859. The molecule has 2 atom stereocenters. The second-order valence-electron chi connectivity index (χ2n) is 6.34. The van der Waals surface area contributed by atoms with Crippen LogP contribution in [0, 0.1) is 0 Å². The van der Waals surface area contributed by atoms with Crippen LogP contribution in [0.2, 0.25) is 5.02 Å². The van der Waals surface area contributed by atoms with Gasteiger partial charge in [-0.05, 0) is 31.0 Å². The standard InChI is InChI=1S/C17H23ClN2O3/c18-13-3-1-4-15(9-13)23-16-6-8-19(12-16)10-14(21)11-20-7-2-5-17(20)22/h1,3-4,9,14,16,21H,2,5-8,10-12H2. The highest BCUT2D eigenvalue weighted by atomic mass is 35.5. The zero-order valence-corrected chi connectivity index (χ0v) is 13.9. The number of amides is 1. The van der Waals surface area contributed by atoms with Crippen LogP contribution >= 0.6 is 11.6 Å². The van der Waals surface area contributed by atoms with E-state index in [4.69, 9.17) is 16.3 Å². The van der Waals surface area contributed by atoms with Gasteiger partial charge in [-0.15, -0.1) is 0 Å². The molecule has 2 heterocycles. The molecule has 3 rings (SSSR count). The van der Waals surface area contributed by atoms with Crippen molar-refractivity contribution in [3.8, 4) is 5.75 Å². The fourth-order valence-electron chi connectivity index (χ4n) is 3.30. The highest BCUT2D eigenvalue weighted by Gasteiger charge is 2.28. The van der Waals surface area contributed by atoms with Gasteiger partial charge in [-0.25, -0.2) is 0 Å². The number of β-amino-alcohol motifs (C(OH)–C–C–N with tert-alkyl or cyclic N) is 1. The van der Waals surface area contributed by atoms with Crippen LogP contribution in [0.1, 0.15) is 19.3 Å². The van der Waals surface area contributed by atoms with E-state index in [1.54, 1.807) is 4.90 Å². The van der Waals surface area contributed by atoms with E-state index in [1.165, 1.54) is 0 Å². The fourth-order valence-corrected chi connectivity index (χ4v) is 3.48. The number of nitrogens with zero attached hydrogens (tertiary/aromatic N) is 2. The lowest BCUT2D eigenvalue weighted by atomic mass is 10.3. The van der Waals surface area contributed by atoms with E-state index in [1.807, 2.05) is 24.3 Å². The van der Waals surface area contributed by atoms with Crippen LogP contribution < -0.4 is 4.74 Å². The highest BCUT2D eigenvalue weighted by Crippen LogP contribution is 2.22. The number of benzene rings is 1. The second-order valence-corrected chi connectivity index (χ2v) is 6.78. The van der Waals surface area contributed by atoms with Crippen molar-refractivity contribution in [1.82, 2.24) is 9.80 Å². The molecule has 6 heteroatoms. The average Bonchev–Trinajstić information content (AvgIpc) is 3.09. The summed E-state index contributed by atoms with van der Waals surface area (Å²) in [5.41, 5.74) is 0. The minimum atomic E-state index is -0.498. The lowest BCUT2D eigenvalue weighted by Gasteiger charge is -2.24. The predicted molar refractivity (Wildman–Crippen MR) is 88.7 cm³/mol. The molecule has 0 spiro atoms. The number of ether oxygens (including phenoxy) is 1. The number of halogens is 1. The summed E-state index contributed by atoms with van der Waals surface area (Å²) >= 11 is 5.96. The lowest BCUT2D eigenvalue weighted by Crippen LogP contribution is -2.40.